The smallest absolute Gasteiger partial charge is 0.246 e. The van der Waals surface area contributed by atoms with Gasteiger partial charge in [0.25, 0.3) is 0 Å². The first-order valence-corrected chi connectivity index (χ1v) is 12.3. The van der Waals surface area contributed by atoms with E-state index in [4.69, 9.17) is 4.74 Å². The van der Waals surface area contributed by atoms with Crippen LogP contribution in [0.25, 0.3) is 0 Å². The van der Waals surface area contributed by atoms with Gasteiger partial charge in [-0.3, -0.25) is 4.79 Å². The lowest BCUT2D eigenvalue weighted by atomic mass is 10.1. The zero-order valence-electron chi connectivity index (χ0n) is 18.2. The molecule has 0 atom stereocenters. The summed E-state index contributed by atoms with van der Waals surface area (Å²) in [5.41, 5.74) is 2.52. The van der Waals surface area contributed by atoms with Crippen LogP contribution in [0, 0.1) is 0 Å². The van der Waals surface area contributed by atoms with E-state index in [1.165, 1.54) is 9.87 Å². The topological polar surface area (TPSA) is 87.7 Å². The number of hydrogen-bond acceptors (Lipinski definition) is 5. The zero-order chi connectivity index (χ0) is 22.3. The van der Waals surface area contributed by atoms with E-state index in [1.54, 1.807) is 18.2 Å². The summed E-state index contributed by atoms with van der Waals surface area (Å²) in [6.07, 6.45) is 3.81. The highest BCUT2D eigenvalue weighted by molar-refractivity contribution is 7.89. The molecule has 1 amide bonds. The highest BCUT2D eigenvalue weighted by Gasteiger charge is 2.30. The number of aryl methyl sites for hydroxylation is 1. The molecule has 0 spiro atoms. The quantitative estimate of drug-likeness (QED) is 0.580. The Morgan fingerprint density at radius 2 is 1.71 bits per heavy atom. The van der Waals surface area contributed by atoms with Crippen molar-refractivity contribution in [3.8, 4) is 5.75 Å². The van der Waals surface area contributed by atoms with Gasteiger partial charge in [-0.05, 0) is 62.1 Å². The lowest BCUT2D eigenvalue weighted by molar-refractivity contribution is -0.114. The fraction of sp³-hybridized carbons (Fsp3) is 0.435. The van der Waals surface area contributed by atoms with Gasteiger partial charge in [0.2, 0.25) is 15.9 Å². The van der Waals surface area contributed by atoms with Gasteiger partial charge in [-0.1, -0.05) is 25.5 Å². The summed E-state index contributed by atoms with van der Waals surface area (Å²) in [6, 6.07) is 12.7. The number of rotatable bonds is 10. The van der Waals surface area contributed by atoms with E-state index < -0.39 is 10.0 Å². The second-order valence-electron chi connectivity index (χ2n) is 7.55. The third-order valence-electron chi connectivity index (χ3n) is 5.16. The molecule has 2 aromatic carbocycles. The van der Waals surface area contributed by atoms with Crippen molar-refractivity contribution in [2.24, 2.45) is 0 Å². The van der Waals surface area contributed by atoms with Crippen LogP contribution < -0.4 is 15.4 Å². The molecule has 1 heterocycles. The second kappa shape index (κ2) is 10.6. The number of benzene rings is 2. The molecule has 0 radical (unpaired) electrons. The molecule has 168 valence electrons. The summed E-state index contributed by atoms with van der Waals surface area (Å²) >= 11 is 0. The van der Waals surface area contributed by atoms with Gasteiger partial charge in [0.1, 0.15) is 10.6 Å². The van der Waals surface area contributed by atoms with Crippen LogP contribution in [0.15, 0.2) is 47.4 Å². The number of nitrogens with one attached hydrogen (secondary N) is 2. The van der Waals surface area contributed by atoms with Crippen molar-refractivity contribution in [2.75, 3.05) is 36.9 Å². The van der Waals surface area contributed by atoms with Crippen molar-refractivity contribution in [3.05, 3.63) is 48.0 Å². The maximum absolute atomic E-state index is 13.1. The monoisotopic (exact) mass is 445 g/mol. The molecule has 3 rings (SSSR count). The average molecular weight is 446 g/mol. The van der Waals surface area contributed by atoms with Crippen LogP contribution in [-0.2, 0) is 21.2 Å². The van der Waals surface area contributed by atoms with Gasteiger partial charge < -0.3 is 15.4 Å². The number of sulfonamides is 1. The molecule has 1 fully saturated rings. The van der Waals surface area contributed by atoms with Crippen molar-refractivity contribution in [3.63, 3.8) is 0 Å². The molecule has 1 saturated heterocycles. The molecule has 0 aliphatic carbocycles. The predicted octanol–water partition coefficient (Wildman–Crippen LogP) is 3.87. The Morgan fingerprint density at radius 3 is 2.35 bits per heavy atom. The van der Waals surface area contributed by atoms with Crippen LogP contribution in [0.4, 0.5) is 11.4 Å². The highest BCUT2D eigenvalue weighted by Crippen LogP contribution is 2.31. The molecule has 8 heteroatoms. The normalized spacial score (nSPS) is 14.4. The Bertz CT molecular complexity index is 984. The third-order valence-corrected chi connectivity index (χ3v) is 7.08. The van der Waals surface area contributed by atoms with Crippen molar-refractivity contribution < 1.29 is 17.9 Å². The summed E-state index contributed by atoms with van der Waals surface area (Å²) < 4.78 is 33.2. The Labute approximate surface area is 184 Å². The third kappa shape index (κ3) is 5.98. The van der Waals surface area contributed by atoms with Crippen molar-refractivity contribution in [2.45, 2.75) is 44.4 Å². The Kier molecular flexibility index (Phi) is 7.92. The van der Waals surface area contributed by atoms with E-state index in [9.17, 15) is 13.2 Å². The lowest BCUT2D eigenvalue weighted by Crippen LogP contribution is -2.28. The van der Waals surface area contributed by atoms with Crippen molar-refractivity contribution in [1.82, 2.24) is 4.31 Å². The van der Waals surface area contributed by atoms with E-state index in [1.807, 2.05) is 31.2 Å². The lowest BCUT2D eigenvalue weighted by Gasteiger charge is -2.19. The average Bonchev–Trinajstić information content (AvgIpc) is 3.31. The molecular weight excluding hydrogens is 414 g/mol. The number of nitrogens with zero attached hydrogens (tertiary/aromatic N) is 1. The van der Waals surface area contributed by atoms with E-state index >= 15 is 0 Å². The summed E-state index contributed by atoms with van der Waals surface area (Å²) in [4.78, 5) is 12.5. The summed E-state index contributed by atoms with van der Waals surface area (Å²) in [6.45, 7) is 5.38. The minimum atomic E-state index is -3.64. The number of hydrogen-bond donors (Lipinski definition) is 2. The van der Waals surface area contributed by atoms with Gasteiger partial charge in [-0.15, -0.1) is 0 Å². The molecule has 0 bridgehead atoms. The predicted molar refractivity (Wildman–Crippen MR) is 123 cm³/mol. The fourth-order valence-corrected chi connectivity index (χ4v) is 5.27. The van der Waals surface area contributed by atoms with Crippen LogP contribution in [0.2, 0.25) is 0 Å². The second-order valence-corrected chi connectivity index (χ2v) is 9.46. The summed E-state index contributed by atoms with van der Waals surface area (Å²) in [7, 11) is -3.64. The van der Waals surface area contributed by atoms with Crippen LogP contribution in [-0.4, -0.2) is 44.9 Å². The van der Waals surface area contributed by atoms with Gasteiger partial charge in [0, 0.05) is 24.5 Å². The minimum absolute atomic E-state index is 0.0217. The zero-order valence-corrected chi connectivity index (χ0v) is 19.0. The Hall–Kier alpha value is -2.58. The maximum Gasteiger partial charge on any atom is 0.246 e. The van der Waals surface area contributed by atoms with Gasteiger partial charge in [-0.25, -0.2) is 8.42 Å². The van der Waals surface area contributed by atoms with Gasteiger partial charge in [0.15, 0.2) is 0 Å². The molecule has 2 aromatic rings. The molecular formula is C23H31N3O4S. The molecule has 2 N–H and O–H groups in total. The van der Waals surface area contributed by atoms with Gasteiger partial charge >= 0.3 is 0 Å². The van der Waals surface area contributed by atoms with E-state index in [0.29, 0.717) is 31.1 Å². The van der Waals surface area contributed by atoms with E-state index in [2.05, 4.69) is 17.6 Å². The molecule has 7 nitrogen and oxygen atoms in total. The SMILES string of the molecule is CCCc1ccc(NC(=O)CNc2ccc(OCC)c(S(=O)(=O)N3CCCC3)c2)cc1. The molecule has 1 aliphatic heterocycles. The van der Waals surface area contributed by atoms with Crippen LogP contribution in [0.1, 0.15) is 38.7 Å². The Balaban J connectivity index is 1.67. The van der Waals surface area contributed by atoms with Gasteiger partial charge in [0.05, 0.1) is 13.2 Å². The first kappa shape index (κ1) is 23.1. The van der Waals surface area contributed by atoms with Gasteiger partial charge in [-0.2, -0.15) is 4.31 Å². The largest absolute Gasteiger partial charge is 0.492 e. The first-order valence-electron chi connectivity index (χ1n) is 10.8. The number of carbonyl (C=O) groups excluding carboxylic acids is 1. The highest BCUT2D eigenvalue weighted by atomic mass is 32.2. The van der Waals surface area contributed by atoms with Crippen molar-refractivity contribution in [1.29, 1.82) is 0 Å². The van der Waals surface area contributed by atoms with E-state index in [-0.39, 0.29) is 17.3 Å². The fourth-order valence-electron chi connectivity index (χ4n) is 3.59. The molecule has 31 heavy (non-hydrogen) atoms. The molecule has 0 saturated carbocycles. The molecule has 0 unspecified atom stereocenters. The first-order chi connectivity index (χ1) is 14.9. The minimum Gasteiger partial charge on any atom is -0.492 e. The van der Waals surface area contributed by atoms with E-state index in [0.717, 1.165) is 31.4 Å². The molecule has 0 aromatic heterocycles. The number of ether oxygens (including phenoxy) is 1. The van der Waals surface area contributed by atoms with Crippen LogP contribution >= 0.6 is 0 Å². The number of amides is 1. The number of anilines is 2. The van der Waals surface area contributed by atoms with Crippen LogP contribution in [0.3, 0.4) is 0 Å². The molecule has 1 aliphatic rings. The Morgan fingerprint density at radius 1 is 1.03 bits per heavy atom. The summed E-state index contributed by atoms with van der Waals surface area (Å²) in [5, 5.41) is 5.87. The van der Waals surface area contributed by atoms with Crippen molar-refractivity contribution >= 4 is 27.3 Å². The maximum atomic E-state index is 13.1. The summed E-state index contributed by atoms with van der Waals surface area (Å²) in [5.74, 6) is 0.123. The number of carbonyl (C=O) groups is 1. The standard InChI is InChI=1S/C23H31N3O4S/c1-3-7-18-8-10-19(11-9-18)25-23(27)17-24-20-12-13-21(30-4-2)22(16-20)31(28,29)26-14-5-6-15-26/h8-13,16,24H,3-7,14-15,17H2,1-2H3,(H,25,27). The van der Waals surface area contributed by atoms with Crippen LogP contribution in [0.5, 0.6) is 5.75 Å².